The van der Waals surface area contributed by atoms with Gasteiger partial charge in [-0.15, -0.1) is 0 Å². The van der Waals surface area contributed by atoms with Crippen molar-refractivity contribution in [3.05, 3.63) is 35.9 Å². The Labute approximate surface area is 126 Å². The quantitative estimate of drug-likeness (QED) is 0.876. The molecular weight excluding hydrogens is 266 g/mol. The zero-order valence-corrected chi connectivity index (χ0v) is 12.6. The topological polar surface area (TPSA) is 58.6 Å². The fourth-order valence-electron chi connectivity index (χ4n) is 2.88. The highest BCUT2D eigenvalue weighted by molar-refractivity contribution is 5.67. The van der Waals surface area contributed by atoms with E-state index < -0.39 is 0 Å². The summed E-state index contributed by atoms with van der Waals surface area (Å²) in [6, 6.07) is 9.66. The minimum atomic E-state index is -0.350. The Morgan fingerprint density at radius 3 is 2.57 bits per heavy atom. The van der Waals surface area contributed by atoms with E-state index in [1.54, 1.807) is 0 Å². The number of ether oxygens (including phenoxy) is 1. The molecule has 4 nitrogen and oxygen atoms in total. The van der Waals surface area contributed by atoms with Crippen molar-refractivity contribution in [1.29, 1.82) is 0 Å². The van der Waals surface area contributed by atoms with Crippen LogP contribution in [0.5, 0.6) is 0 Å². The number of nitrogens with one attached hydrogen (secondary N) is 1. The van der Waals surface area contributed by atoms with Gasteiger partial charge in [-0.1, -0.05) is 30.3 Å². The van der Waals surface area contributed by atoms with Crippen LogP contribution in [0.2, 0.25) is 0 Å². The van der Waals surface area contributed by atoms with Gasteiger partial charge in [-0.3, -0.25) is 0 Å². The van der Waals surface area contributed by atoms with Gasteiger partial charge in [0, 0.05) is 6.54 Å². The van der Waals surface area contributed by atoms with Gasteiger partial charge < -0.3 is 15.2 Å². The Bertz CT molecular complexity index is 425. The summed E-state index contributed by atoms with van der Waals surface area (Å²) in [4.78, 5) is 11.7. The Morgan fingerprint density at radius 2 is 1.95 bits per heavy atom. The van der Waals surface area contributed by atoms with Crippen LogP contribution in [0.3, 0.4) is 0 Å². The van der Waals surface area contributed by atoms with Crippen molar-refractivity contribution >= 4 is 6.09 Å². The van der Waals surface area contributed by atoms with E-state index in [1.165, 1.54) is 0 Å². The third-order valence-electron chi connectivity index (χ3n) is 4.32. The maximum atomic E-state index is 11.7. The maximum Gasteiger partial charge on any atom is 0.407 e. The molecule has 1 fully saturated rings. The van der Waals surface area contributed by atoms with Gasteiger partial charge in [0.2, 0.25) is 0 Å². The molecule has 0 unspecified atom stereocenters. The van der Waals surface area contributed by atoms with Crippen LogP contribution in [0.4, 0.5) is 4.79 Å². The lowest BCUT2D eigenvalue weighted by Crippen LogP contribution is -2.33. The highest BCUT2D eigenvalue weighted by Crippen LogP contribution is 2.30. The fourth-order valence-corrected chi connectivity index (χ4v) is 2.88. The van der Waals surface area contributed by atoms with Crippen LogP contribution >= 0.6 is 0 Å². The van der Waals surface area contributed by atoms with Gasteiger partial charge in [0.15, 0.2) is 0 Å². The van der Waals surface area contributed by atoms with Crippen LogP contribution < -0.4 is 5.32 Å². The first-order chi connectivity index (χ1) is 10.1. The average Bonchev–Trinajstić information content (AvgIpc) is 2.52. The minimum Gasteiger partial charge on any atom is -0.445 e. The van der Waals surface area contributed by atoms with Crippen LogP contribution in [0.1, 0.15) is 38.2 Å². The summed E-state index contributed by atoms with van der Waals surface area (Å²) in [5, 5.41) is 12.4. The monoisotopic (exact) mass is 291 g/mol. The second-order valence-electron chi connectivity index (χ2n) is 5.96. The zero-order chi connectivity index (χ0) is 15.1. The average molecular weight is 291 g/mol. The number of aliphatic hydroxyl groups excluding tert-OH is 1. The molecule has 0 aliphatic heterocycles. The summed E-state index contributed by atoms with van der Waals surface area (Å²) in [6.45, 7) is 2.84. The minimum absolute atomic E-state index is 0.213. The Kier molecular flexibility index (Phi) is 6.05. The summed E-state index contributed by atoms with van der Waals surface area (Å²) in [7, 11) is 0. The van der Waals surface area contributed by atoms with Crippen molar-refractivity contribution < 1.29 is 14.6 Å². The molecule has 21 heavy (non-hydrogen) atoms. The van der Waals surface area contributed by atoms with Gasteiger partial charge in [0.05, 0.1) is 6.10 Å². The number of rotatable bonds is 5. The summed E-state index contributed by atoms with van der Waals surface area (Å²) in [5.74, 6) is 0.926. The highest BCUT2D eigenvalue weighted by atomic mass is 16.5. The Morgan fingerprint density at radius 1 is 1.29 bits per heavy atom. The number of amides is 1. The lowest BCUT2D eigenvalue weighted by Gasteiger charge is -2.30. The molecule has 1 aromatic rings. The van der Waals surface area contributed by atoms with Crippen molar-refractivity contribution in [2.45, 2.75) is 45.3 Å². The van der Waals surface area contributed by atoms with Crippen molar-refractivity contribution in [2.24, 2.45) is 11.8 Å². The molecule has 0 saturated heterocycles. The van der Waals surface area contributed by atoms with E-state index in [-0.39, 0.29) is 12.2 Å². The first-order valence-corrected chi connectivity index (χ1v) is 7.77. The Balaban J connectivity index is 1.61. The standard InChI is InChI=1S/C17H25NO3/c1-13(19)16-9-7-14(8-10-16)11-18-17(20)21-12-15-5-3-2-4-6-15/h2-6,13-14,16,19H,7-12H2,1H3,(H,18,20)/t13-,14-,16-/m0/s1. The van der Waals surface area contributed by atoms with Crippen molar-refractivity contribution in [3.63, 3.8) is 0 Å². The van der Waals surface area contributed by atoms with Crippen LogP contribution in [-0.2, 0) is 11.3 Å². The van der Waals surface area contributed by atoms with E-state index in [4.69, 9.17) is 4.74 Å². The first kappa shape index (κ1) is 15.8. The number of benzene rings is 1. The lowest BCUT2D eigenvalue weighted by molar-refractivity contribution is 0.0870. The molecule has 0 bridgehead atoms. The van der Waals surface area contributed by atoms with E-state index in [0.29, 0.717) is 25.0 Å². The molecule has 1 aliphatic carbocycles. The SMILES string of the molecule is C[C@H](O)[C@H]1CC[C@H](CNC(=O)OCc2ccccc2)CC1. The summed E-state index contributed by atoms with van der Waals surface area (Å²) in [6.07, 6.45) is 3.65. The lowest BCUT2D eigenvalue weighted by atomic mass is 9.80. The fraction of sp³-hybridized carbons (Fsp3) is 0.588. The van der Waals surface area contributed by atoms with Gasteiger partial charge in [0.25, 0.3) is 0 Å². The molecule has 4 heteroatoms. The van der Waals surface area contributed by atoms with E-state index in [1.807, 2.05) is 37.3 Å². The molecule has 2 N–H and O–H groups in total. The predicted molar refractivity (Wildman–Crippen MR) is 81.8 cm³/mol. The molecular formula is C17H25NO3. The highest BCUT2D eigenvalue weighted by Gasteiger charge is 2.24. The molecule has 1 amide bonds. The van der Waals surface area contributed by atoms with Crippen molar-refractivity contribution in [2.75, 3.05) is 6.54 Å². The third kappa shape index (κ3) is 5.38. The van der Waals surface area contributed by atoms with Crippen LogP contribution in [-0.4, -0.2) is 23.8 Å². The number of aliphatic hydroxyl groups is 1. The van der Waals surface area contributed by atoms with Gasteiger partial charge in [-0.2, -0.15) is 0 Å². The summed E-state index contributed by atoms with van der Waals surface area (Å²) in [5.41, 5.74) is 0.991. The van der Waals surface area contributed by atoms with Crippen LogP contribution in [0.25, 0.3) is 0 Å². The van der Waals surface area contributed by atoms with Crippen LogP contribution in [0, 0.1) is 11.8 Å². The van der Waals surface area contributed by atoms with E-state index in [9.17, 15) is 9.90 Å². The summed E-state index contributed by atoms with van der Waals surface area (Å²) < 4.78 is 5.19. The largest absolute Gasteiger partial charge is 0.445 e. The van der Waals surface area contributed by atoms with E-state index in [2.05, 4.69) is 5.32 Å². The first-order valence-electron chi connectivity index (χ1n) is 7.77. The molecule has 0 radical (unpaired) electrons. The van der Waals surface area contributed by atoms with E-state index >= 15 is 0 Å². The number of hydrogen-bond acceptors (Lipinski definition) is 3. The van der Waals surface area contributed by atoms with Crippen LogP contribution in [0.15, 0.2) is 30.3 Å². The second-order valence-corrected chi connectivity index (χ2v) is 5.96. The third-order valence-corrected chi connectivity index (χ3v) is 4.32. The number of carbonyl (C=O) groups is 1. The predicted octanol–water partition coefficient (Wildman–Crippen LogP) is 3.10. The van der Waals surface area contributed by atoms with Crippen molar-refractivity contribution in [3.8, 4) is 0 Å². The van der Waals surface area contributed by atoms with Gasteiger partial charge in [-0.05, 0) is 50.0 Å². The zero-order valence-electron chi connectivity index (χ0n) is 12.6. The number of carbonyl (C=O) groups excluding carboxylic acids is 1. The maximum absolute atomic E-state index is 11.7. The Hall–Kier alpha value is -1.55. The number of hydrogen-bond donors (Lipinski definition) is 2. The second kappa shape index (κ2) is 8.03. The molecule has 1 saturated carbocycles. The normalized spacial score (nSPS) is 23.3. The van der Waals surface area contributed by atoms with Gasteiger partial charge in [0.1, 0.15) is 6.61 Å². The molecule has 0 heterocycles. The van der Waals surface area contributed by atoms with Gasteiger partial charge >= 0.3 is 6.09 Å². The summed E-state index contributed by atoms with van der Waals surface area (Å²) >= 11 is 0. The molecule has 1 aliphatic rings. The smallest absolute Gasteiger partial charge is 0.407 e. The van der Waals surface area contributed by atoms with Crippen molar-refractivity contribution in [1.82, 2.24) is 5.32 Å². The number of alkyl carbamates (subject to hydrolysis) is 1. The van der Waals surface area contributed by atoms with E-state index in [0.717, 1.165) is 31.2 Å². The van der Waals surface area contributed by atoms with Gasteiger partial charge in [-0.25, -0.2) is 4.79 Å². The molecule has 0 spiro atoms. The molecule has 116 valence electrons. The molecule has 1 atom stereocenters. The molecule has 2 rings (SSSR count). The molecule has 0 aromatic heterocycles. The molecule has 1 aromatic carbocycles.